The van der Waals surface area contributed by atoms with Gasteiger partial charge >= 0.3 is 7.12 Å². The summed E-state index contributed by atoms with van der Waals surface area (Å²) in [6.45, 7) is 11.6. The maximum atomic E-state index is 5.90. The predicted octanol–water partition coefficient (Wildman–Crippen LogP) is 4.45. The SMILES string of the molecule is CC1(C)OB(c2cnco2)OC1(C)C.Cc1nc2cc(Cl)nc(-c3cnco3)n2n1.Cc1nc2cc(Cl)nc(Cl)n2n1. The number of oxazole rings is 2. The molecule has 0 amide bonds. The summed E-state index contributed by atoms with van der Waals surface area (Å²) in [5.74, 6) is 2.27. The summed E-state index contributed by atoms with van der Waals surface area (Å²) in [6, 6.07) is 3.24. The topological polar surface area (TPSA) is 157 Å². The molecule has 1 aliphatic heterocycles. The lowest BCUT2D eigenvalue weighted by atomic mass is 9.87. The fourth-order valence-electron chi connectivity index (χ4n) is 3.69. The Bertz CT molecular complexity index is 1810. The zero-order valence-electron chi connectivity index (χ0n) is 23.3. The van der Waals surface area contributed by atoms with Gasteiger partial charge in [0.1, 0.15) is 22.0 Å². The molecule has 42 heavy (non-hydrogen) atoms. The summed E-state index contributed by atoms with van der Waals surface area (Å²) >= 11 is 17.3. The van der Waals surface area contributed by atoms with Gasteiger partial charge in [0, 0.05) is 12.1 Å². The fourth-order valence-corrected chi connectivity index (χ4v) is 4.30. The van der Waals surface area contributed by atoms with Crippen molar-refractivity contribution in [2.24, 2.45) is 0 Å². The second-order valence-corrected chi connectivity index (χ2v) is 11.1. The Kier molecular flexibility index (Phi) is 8.22. The Balaban J connectivity index is 0.000000127. The van der Waals surface area contributed by atoms with Crippen LogP contribution < -0.4 is 5.66 Å². The number of aromatic nitrogens is 10. The summed E-state index contributed by atoms with van der Waals surface area (Å²) in [7, 11) is -0.442. The monoisotopic (exact) mass is 632 g/mol. The van der Waals surface area contributed by atoms with E-state index in [1.165, 1.54) is 17.3 Å². The Morgan fingerprint density at radius 3 is 1.83 bits per heavy atom. The van der Waals surface area contributed by atoms with E-state index in [1.54, 1.807) is 42.9 Å². The molecule has 0 N–H and O–H groups in total. The quantitative estimate of drug-likeness (QED) is 0.150. The number of rotatable bonds is 2. The summed E-state index contributed by atoms with van der Waals surface area (Å²) in [4.78, 5) is 23.9. The maximum Gasteiger partial charge on any atom is 0.534 e. The van der Waals surface area contributed by atoms with Gasteiger partial charge in [0.25, 0.3) is 0 Å². The predicted molar refractivity (Wildman–Crippen MR) is 154 cm³/mol. The zero-order valence-corrected chi connectivity index (χ0v) is 25.5. The first-order valence-electron chi connectivity index (χ1n) is 12.4. The number of fused-ring (bicyclic) bond motifs is 2. The highest BCUT2D eigenvalue weighted by atomic mass is 35.5. The number of nitrogens with zero attached hydrogens (tertiary/aromatic N) is 10. The van der Waals surface area contributed by atoms with E-state index < -0.39 is 7.12 Å². The molecule has 6 aromatic heterocycles. The first-order valence-corrected chi connectivity index (χ1v) is 13.5. The van der Waals surface area contributed by atoms with E-state index in [0.717, 1.165) is 0 Å². The smallest absolute Gasteiger partial charge is 0.452 e. The molecule has 0 unspecified atom stereocenters. The van der Waals surface area contributed by atoms with Crippen LogP contribution in [0.15, 0.2) is 46.1 Å². The highest BCUT2D eigenvalue weighted by Gasteiger charge is 2.53. The molecule has 14 nitrogen and oxygen atoms in total. The Morgan fingerprint density at radius 2 is 1.26 bits per heavy atom. The van der Waals surface area contributed by atoms with Crippen molar-refractivity contribution < 1.29 is 18.1 Å². The second kappa shape index (κ2) is 11.6. The third kappa shape index (κ3) is 6.25. The minimum atomic E-state index is -0.442. The molecule has 1 aliphatic rings. The lowest BCUT2D eigenvalue weighted by Gasteiger charge is -2.32. The maximum absolute atomic E-state index is 5.90. The third-order valence-corrected chi connectivity index (χ3v) is 6.98. The third-order valence-electron chi connectivity index (χ3n) is 6.35. The normalized spacial score (nSPS) is 15.4. The summed E-state index contributed by atoms with van der Waals surface area (Å²) < 4.78 is 24.8. The van der Waals surface area contributed by atoms with E-state index in [1.807, 2.05) is 27.7 Å². The molecule has 1 fully saturated rings. The first kappa shape index (κ1) is 29.9. The van der Waals surface area contributed by atoms with Crippen molar-refractivity contribution >= 4 is 58.9 Å². The molecule has 0 aromatic carbocycles. The molecular weight excluding hydrogens is 610 g/mol. The van der Waals surface area contributed by atoms with Crippen LogP contribution in [-0.4, -0.2) is 67.5 Å². The fraction of sp³-hybridized carbons (Fsp3) is 0.333. The zero-order chi connectivity index (χ0) is 30.2. The Labute approximate surface area is 254 Å². The summed E-state index contributed by atoms with van der Waals surface area (Å²) in [5, 5.41) is 9.09. The van der Waals surface area contributed by atoms with E-state index in [-0.39, 0.29) is 16.5 Å². The van der Waals surface area contributed by atoms with Crippen LogP contribution >= 0.6 is 34.8 Å². The van der Waals surface area contributed by atoms with Crippen molar-refractivity contribution in [3.8, 4) is 11.6 Å². The molecular formula is C24H24BCl3N10O4. The molecule has 18 heteroatoms. The van der Waals surface area contributed by atoms with Crippen LogP contribution in [0.1, 0.15) is 39.3 Å². The van der Waals surface area contributed by atoms with Crippen molar-refractivity contribution in [3.05, 3.63) is 64.6 Å². The van der Waals surface area contributed by atoms with Crippen LogP contribution in [0.25, 0.3) is 22.9 Å². The summed E-state index contributed by atoms with van der Waals surface area (Å²) in [5.41, 5.74) is 1.19. The van der Waals surface area contributed by atoms with Gasteiger partial charge in [-0.25, -0.2) is 29.9 Å². The van der Waals surface area contributed by atoms with Gasteiger partial charge in [0.05, 0.1) is 23.6 Å². The van der Waals surface area contributed by atoms with E-state index in [4.69, 9.17) is 52.9 Å². The lowest BCUT2D eigenvalue weighted by Crippen LogP contribution is -2.41. The average Bonchev–Trinajstić information content (AvgIpc) is 3.71. The van der Waals surface area contributed by atoms with Gasteiger partial charge in [-0.3, -0.25) is 0 Å². The molecule has 6 aromatic rings. The van der Waals surface area contributed by atoms with Crippen molar-refractivity contribution in [2.45, 2.75) is 52.7 Å². The molecule has 0 spiro atoms. The van der Waals surface area contributed by atoms with Gasteiger partial charge < -0.3 is 18.1 Å². The number of halogens is 3. The molecule has 7 heterocycles. The van der Waals surface area contributed by atoms with Crippen LogP contribution in [-0.2, 0) is 9.31 Å². The van der Waals surface area contributed by atoms with E-state index in [2.05, 4.69) is 40.1 Å². The standard InChI is InChI=1S/C9H14BNO3.C9H6ClN5O.C6H4Cl2N4/c1-8(2)9(3,4)14-10(13-8)7-5-11-6-12-7;1-5-12-8-2-7(10)13-9(15(8)14-5)6-3-11-4-16-6;1-3-9-5-2-4(7)10-6(8)12(5)11-3/h5-6H,1-4H3;2-4H,1H3;2H,1H3. The molecule has 1 saturated heterocycles. The molecule has 0 saturated carbocycles. The molecule has 0 bridgehead atoms. The largest absolute Gasteiger partial charge is 0.534 e. The van der Waals surface area contributed by atoms with Gasteiger partial charge in [-0.1, -0.05) is 23.2 Å². The molecule has 0 atom stereocenters. The van der Waals surface area contributed by atoms with Gasteiger partial charge in [-0.05, 0) is 53.1 Å². The Morgan fingerprint density at radius 1 is 0.714 bits per heavy atom. The van der Waals surface area contributed by atoms with Crippen LogP contribution in [0.5, 0.6) is 0 Å². The summed E-state index contributed by atoms with van der Waals surface area (Å²) in [6.07, 6.45) is 5.87. The van der Waals surface area contributed by atoms with Gasteiger partial charge in [0.2, 0.25) is 11.1 Å². The number of hydrogen-bond acceptors (Lipinski definition) is 12. The van der Waals surface area contributed by atoms with E-state index in [9.17, 15) is 0 Å². The van der Waals surface area contributed by atoms with Crippen LogP contribution in [0.4, 0.5) is 0 Å². The van der Waals surface area contributed by atoms with Gasteiger partial charge in [-0.15, -0.1) is 10.2 Å². The molecule has 218 valence electrons. The minimum Gasteiger partial charge on any atom is -0.452 e. The van der Waals surface area contributed by atoms with Crippen LogP contribution in [0.2, 0.25) is 15.6 Å². The Hall–Kier alpha value is -3.63. The highest BCUT2D eigenvalue weighted by molar-refractivity contribution is 6.60. The van der Waals surface area contributed by atoms with Crippen molar-refractivity contribution in [3.63, 3.8) is 0 Å². The lowest BCUT2D eigenvalue weighted by molar-refractivity contribution is 0.00578. The van der Waals surface area contributed by atoms with E-state index in [0.29, 0.717) is 50.5 Å². The second-order valence-electron chi connectivity index (χ2n) is 9.97. The van der Waals surface area contributed by atoms with Crippen molar-refractivity contribution in [1.29, 1.82) is 0 Å². The van der Waals surface area contributed by atoms with Crippen molar-refractivity contribution in [1.82, 2.24) is 49.1 Å². The van der Waals surface area contributed by atoms with Crippen molar-refractivity contribution in [2.75, 3.05) is 0 Å². The molecule has 0 radical (unpaired) electrons. The van der Waals surface area contributed by atoms with Crippen LogP contribution in [0, 0.1) is 13.8 Å². The first-order chi connectivity index (χ1) is 19.8. The molecule has 0 aliphatic carbocycles. The average molecular weight is 634 g/mol. The number of aryl methyl sites for hydroxylation is 2. The van der Waals surface area contributed by atoms with Gasteiger partial charge in [0.15, 0.2) is 35.5 Å². The highest BCUT2D eigenvalue weighted by Crippen LogP contribution is 2.36. The van der Waals surface area contributed by atoms with Crippen LogP contribution in [0.3, 0.4) is 0 Å². The van der Waals surface area contributed by atoms with Gasteiger partial charge in [-0.2, -0.15) is 9.03 Å². The number of hydrogen-bond donors (Lipinski definition) is 0. The minimum absolute atomic E-state index is 0.220. The van der Waals surface area contributed by atoms with E-state index >= 15 is 0 Å². The molecule has 7 rings (SSSR count).